The van der Waals surface area contributed by atoms with E-state index in [-0.39, 0.29) is 23.8 Å². The van der Waals surface area contributed by atoms with Crippen molar-refractivity contribution in [3.05, 3.63) is 35.6 Å². The Hall–Kier alpha value is -2.11. The van der Waals surface area contributed by atoms with Crippen molar-refractivity contribution >= 4 is 11.9 Å². The summed E-state index contributed by atoms with van der Waals surface area (Å²) >= 11 is 0. The maximum absolute atomic E-state index is 13.1. The predicted molar refractivity (Wildman–Crippen MR) is 87.1 cm³/mol. The number of carbonyl (C=O) groups excluding carboxylic acids is 1. The van der Waals surface area contributed by atoms with Gasteiger partial charge in [0.15, 0.2) is 5.96 Å². The molecule has 1 aromatic rings. The molecule has 3 N–H and O–H groups in total. The molecule has 6 heteroatoms. The second kappa shape index (κ2) is 8.36. The minimum Gasteiger partial charge on any atom is -0.357 e. The zero-order valence-corrected chi connectivity index (χ0v) is 13.7. The monoisotopic (exact) mass is 308 g/mol. The number of benzene rings is 1. The summed E-state index contributed by atoms with van der Waals surface area (Å²) in [5, 5.41) is 8.88. The highest BCUT2D eigenvalue weighted by Crippen LogP contribution is 2.04. The van der Waals surface area contributed by atoms with Gasteiger partial charge in [-0.15, -0.1) is 0 Å². The van der Waals surface area contributed by atoms with Gasteiger partial charge in [-0.05, 0) is 45.4 Å². The first kappa shape index (κ1) is 17.9. The fraction of sp³-hybridized carbons (Fsp3) is 0.500. The fourth-order valence-corrected chi connectivity index (χ4v) is 1.77. The molecular weight excluding hydrogens is 283 g/mol. The summed E-state index contributed by atoms with van der Waals surface area (Å²) in [5.74, 6) is 0.134. The molecule has 1 rings (SSSR count). The van der Waals surface area contributed by atoms with Crippen molar-refractivity contribution in [3.63, 3.8) is 0 Å². The molecule has 5 nitrogen and oxygen atoms in total. The molecule has 0 aromatic heterocycles. The first-order chi connectivity index (χ1) is 10.3. The summed E-state index contributed by atoms with van der Waals surface area (Å²) in [6.07, 6.45) is 0. The Morgan fingerprint density at radius 3 is 2.59 bits per heavy atom. The zero-order valence-electron chi connectivity index (χ0n) is 13.7. The quantitative estimate of drug-likeness (QED) is 0.574. The zero-order chi connectivity index (χ0) is 16.6. The van der Waals surface area contributed by atoms with Crippen LogP contribution in [0, 0.1) is 5.82 Å². The van der Waals surface area contributed by atoms with Gasteiger partial charge in [0.05, 0.1) is 13.1 Å². The Morgan fingerprint density at radius 1 is 1.27 bits per heavy atom. The molecule has 0 aliphatic heterocycles. The molecule has 1 aromatic carbocycles. The molecule has 0 aliphatic rings. The molecule has 0 aliphatic carbocycles. The Balaban J connectivity index is 2.57. The van der Waals surface area contributed by atoms with E-state index in [9.17, 15) is 9.18 Å². The van der Waals surface area contributed by atoms with Gasteiger partial charge < -0.3 is 16.0 Å². The van der Waals surface area contributed by atoms with E-state index in [4.69, 9.17) is 0 Å². The van der Waals surface area contributed by atoms with Gasteiger partial charge in [0.25, 0.3) is 0 Å². The van der Waals surface area contributed by atoms with E-state index < -0.39 is 0 Å². The third kappa shape index (κ3) is 7.61. The topological polar surface area (TPSA) is 65.5 Å². The van der Waals surface area contributed by atoms with Gasteiger partial charge >= 0.3 is 0 Å². The lowest BCUT2D eigenvalue weighted by Crippen LogP contribution is -2.48. The molecule has 0 unspecified atom stereocenters. The van der Waals surface area contributed by atoms with Crippen molar-refractivity contribution in [1.82, 2.24) is 16.0 Å². The number of guanidine groups is 1. The first-order valence-corrected chi connectivity index (χ1v) is 7.38. The largest absolute Gasteiger partial charge is 0.357 e. The Bertz CT molecular complexity index is 523. The number of nitrogens with zero attached hydrogens (tertiary/aromatic N) is 1. The first-order valence-electron chi connectivity index (χ1n) is 7.38. The Labute approximate surface area is 131 Å². The molecule has 22 heavy (non-hydrogen) atoms. The van der Waals surface area contributed by atoms with Gasteiger partial charge in [-0.1, -0.05) is 12.1 Å². The number of halogens is 1. The number of rotatable bonds is 5. The lowest BCUT2D eigenvalue weighted by atomic mass is 10.1. The average molecular weight is 308 g/mol. The summed E-state index contributed by atoms with van der Waals surface area (Å²) in [7, 11) is 0. The highest BCUT2D eigenvalue weighted by molar-refractivity contribution is 5.86. The minimum absolute atomic E-state index is 0.108. The predicted octanol–water partition coefficient (Wildman–Crippen LogP) is 1.80. The summed E-state index contributed by atoms with van der Waals surface area (Å²) in [6, 6.07) is 6.30. The maximum atomic E-state index is 13.1. The molecule has 0 bridgehead atoms. The molecule has 1 amide bonds. The molecular formula is C16H25FN4O. The van der Waals surface area contributed by atoms with E-state index in [1.807, 2.05) is 33.8 Å². The Kier molecular flexibility index (Phi) is 6.82. The highest BCUT2D eigenvalue weighted by Gasteiger charge is 2.13. The SMILES string of the molecule is CCNC(=NCc1cccc(F)c1)NCC(=O)NC(C)(C)C. The van der Waals surface area contributed by atoms with Gasteiger partial charge in [-0.3, -0.25) is 4.79 Å². The number of nitrogens with one attached hydrogen (secondary N) is 3. The molecule has 0 fully saturated rings. The Morgan fingerprint density at radius 2 is 2.00 bits per heavy atom. The average Bonchev–Trinajstić information content (AvgIpc) is 2.40. The standard InChI is InChI=1S/C16H25FN4O/c1-5-18-15(20-11-14(22)21-16(2,3)4)19-10-12-7-6-8-13(17)9-12/h6-9H,5,10-11H2,1-4H3,(H,21,22)(H2,18,19,20). The van der Waals surface area contributed by atoms with Crippen LogP contribution in [0.4, 0.5) is 4.39 Å². The molecule has 0 radical (unpaired) electrons. The van der Waals surface area contributed by atoms with Crippen LogP contribution in [0.5, 0.6) is 0 Å². The van der Waals surface area contributed by atoms with Crippen molar-refractivity contribution in [1.29, 1.82) is 0 Å². The molecule has 0 saturated carbocycles. The van der Waals surface area contributed by atoms with Crippen molar-refractivity contribution in [3.8, 4) is 0 Å². The van der Waals surface area contributed by atoms with Gasteiger partial charge in [0.1, 0.15) is 5.82 Å². The number of hydrogen-bond donors (Lipinski definition) is 3. The van der Waals surface area contributed by atoms with Gasteiger partial charge in [0.2, 0.25) is 5.91 Å². The van der Waals surface area contributed by atoms with E-state index in [0.717, 1.165) is 5.56 Å². The van der Waals surface area contributed by atoms with Crippen LogP contribution in [0.1, 0.15) is 33.3 Å². The van der Waals surface area contributed by atoms with Crippen LogP contribution in [0.15, 0.2) is 29.3 Å². The number of amides is 1. The van der Waals surface area contributed by atoms with Crippen LogP contribution in [-0.2, 0) is 11.3 Å². The molecule has 122 valence electrons. The van der Waals surface area contributed by atoms with Crippen LogP contribution < -0.4 is 16.0 Å². The van der Waals surface area contributed by atoms with Crippen molar-refractivity contribution in [2.45, 2.75) is 39.8 Å². The van der Waals surface area contributed by atoms with E-state index in [0.29, 0.717) is 19.0 Å². The number of carbonyl (C=O) groups is 1. The van der Waals surface area contributed by atoms with Gasteiger partial charge in [-0.2, -0.15) is 0 Å². The maximum Gasteiger partial charge on any atom is 0.239 e. The van der Waals surface area contributed by atoms with Crippen LogP contribution in [0.3, 0.4) is 0 Å². The van der Waals surface area contributed by atoms with Crippen LogP contribution in [0.2, 0.25) is 0 Å². The molecule has 0 heterocycles. The van der Waals surface area contributed by atoms with Gasteiger partial charge in [0, 0.05) is 12.1 Å². The fourth-order valence-electron chi connectivity index (χ4n) is 1.77. The van der Waals surface area contributed by atoms with E-state index in [1.165, 1.54) is 12.1 Å². The third-order valence-electron chi connectivity index (χ3n) is 2.58. The third-order valence-corrected chi connectivity index (χ3v) is 2.58. The van der Waals surface area contributed by atoms with E-state index in [1.54, 1.807) is 6.07 Å². The summed E-state index contributed by atoms with van der Waals surface area (Å²) in [5.41, 5.74) is 0.506. The van der Waals surface area contributed by atoms with Crippen molar-refractivity contribution < 1.29 is 9.18 Å². The number of hydrogen-bond acceptors (Lipinski definition) is 2. The van der Waals surface area contributed by atoms with E-state index in [2.05, 4.69) is 20.9 Å². The molecule has 0 spiro atoms. The summed E-state index contributed by atoms with van der Waals surface area (Å²) < 4.78 is 13.1. The second-order valence-corrected chi connectivity index (χ2v) is 5.98. The lowest BCUT2D eigenvalue weighted by molar-refractivity contribution is -0.121. The highest BCUT2D eigenvalue weighted by atomic mass is 19.1. The molecule has 0 saturated heterocycles. The number of aliphatic imine (C=N–C) groups is 1. The minimum atomic E-state index is -0.282. The lowest BCUT2D eigenvalue weighted by Gasteiger charge is -2.21. The second-order valence-electron chi connectivity index (χ2n) is 5.98. The van der Waals surface area contributed by atoms with Crippen molar-refractivity contribution in [2.24, 2.45) is 4.99 Å². The summed E-state index contributed by atoms with van der Waals surface area (Å²) in [6.45, 7) is 8.86. The normalized spacial score (nSPS) is 12.0. The van der Waals surface area contributed by atoms with Crippen LogP contribution in [-0.4, -0.2) is 30.5 Å². The summed E-state index contributed by atoms with van der Waals surface area (Å²) in [4.78, 5) is 16.1. The molecule has 0 atom stereocenters. The van der Waals surface area contributed by atoms with Crippen molar-refractivity contribution in [2.75, 3.05) is 13.1 Å². The van der Waals surface area contributed by atoms with Crippen LogP contribution in [0.25, 0.3) is 0 Å². The van der Waals surface area contributed by atoms with Gasteiger partial charge in [-0.25, -0.2) is 9.38 Å². The smallest absolute Gasteiger partial charge is 0.239 e. The van der Waals surface area contributed by atoms with E-state index >= 15 is 0 Å². The van der Waals surface area contributed by atoms with Crippen LogP contribution >= 0.6 is 0 Å².